The van der Waals surface area contributed by atoms with Gasteiger partial charge in [0.2, 0.25) is 0 Å². The lowest BCUT2D eigenvalue weighted by Crippen LogP contribution is -2.15. The quantitative estimate of drug-likeness (QED) is 0.140. The van der Waals surface area contributed by atoms with Crippen LogP contribution in [0.5, 0.6) is 0 Å². The van der Waals surface area contributed by atoms with Crippen molar-refractivity contribution in [3.05, 3.63) is 0 Å². The minimum atomic E-state index is 0.533. The molecule has 0 rings (SSSR count). The Balaban J connectivity index is 2.99. The molecule has 0 unspecified atom stereocenters. The summed E-state index contributed by atoms with van der Waals surface area (Å²) < 4.78 is 53.6. The molecule has 0 bridgehead atoms. The summed E-state index contributed by atoms with van der Waals surface area (Å²) in [6, 6.07) is 0. The smallest absolute Gasteiger partial charge is 0.0701 e. The molecule has 0 fully saturated rings. The van der Waals surface area contributed by atoms with Crippen molar-refractivity contribution >= 4 is 0 Å². The second-order valence-electron chi connectivity index (χ2n) is 6.86. The highest BCUT2D eigenvalue weighted by Crippen LogP contribution is 1.88. The van der Waals surface area contributed by atoms with Crippen LogP contribution in [-0.2, 0) is 47.4 Å². The lowest BCUT2D eigenvalue weighted by molar-refractivity contribution is -0.0259. The Morgan fingerprint density at radius 2 is 0.515 bits per heavy atom. The summed E-state index contributed by atoms with van der Waals surface area (Å²) in [5, 5.41) is 0. The molecule has 0 aromatic heterocycles. The first-order valence-corrected chi connectivity index (χ1v) is 12.1. The lowest BCUT2D eigenvalue weighted by atomic mass is 10.4. The Labute approximate surface area is 200 Å². The van der Waals surface area contributed by atoms with Crippen LogP contribution in [0.4, 0.5) is 0 Å². The number of rotatable bonds is 30. The molecule has 0 aliphatic heterocycles. The topological polar surface area (TPSA) is 92.3 Å². The summed E-state index contributed by atoms with van der Waals surface area (Å²) in [7, 11) is 1.65. The largest absolute Gasteiger partial charge is 0.382 e. The van der Waals surface area contributed by atoms with Gasteiger partial charge in [0.05, 0.1) is 119 Å². The van der Waals surface area contributed by atoms with Crippen LogP contribution in [0.15, 0.2) is 0 Å². The van der Waals surface area contributed by atoms with Gasteiger partial charge in [-0.05, 0) is 6.42 Å². The zero-order valence-electron chi connectivity index (χ0n) is 20.9. The number of hydrogen-bond acceptors (Lipinski definition) is 10. The Morgan fingerprint density at radius 1 is 0.303 bits per heavy atom. The highest BCUT2D eigenvalue weighted by Gasteiger charge is 1.95. The number of unbranched alkanes of at least 4 members (excludes halogenated alkanes) is 1. The average Bonchev–Trinajstić information content (AvgIpc) is 2.83. The van der Waals surface area contributed by atoms with Gasteiger partial charge in [-0.2, -0.15) is 0 Å². The molecule has 0 aliphatic rings. The van der Waals surface area contributed by atoms with Crippen molar-refractivity contribution in [1.29, 1.82) is 0 Å². The Bertz CT molecular complexity index is 306. The van der Waals surface area contributed by atoms with Crippen LogP contribution in [0, 0.1) is 0 Å². The third kappa shape index (κ3) is 31.6. The fourth-order valence-corrected chi connectivity index (χ4v) is 2.25. The first kappa shape index (κ1) is 32.6. The number of ether oxygens (including phenoxy) is 10. The minimum absolute atomic E-state index is 0.533. The summed E-state index contributed by atoms with van der Waals surface area (Å²) >= 11 is 0. The fourth-order valence-electron chi connectivity index (χ4n) is 2.25. The molecule has 0 aromatic carbocycles. The van der Waals surface area contributed by atoms with E-state index in [4.69, 9.17) is 47.4 Å². The Kier molecular flexibility index (Phi) is 31.2. The van der Waals surface area contributed by atoms with Crippen molar-refractivity contribution < 1.29 is 47.4 Å². The van der Waals surface area contributed by atoms with Gasteiger partial charge in [0.25, 0.3) is 0 Å². The van der Waals surface area contributed by atoms with Crippen LogP contribution >= 0.6 is 0 Å². The summed E-state index contributed by atoms with van der Waals surface area (Å²) in [6.07, 6.45) is 2.25. The molecule has 0 N–H and O–H groups in total. The zero-order valence-corrected chi connectivity index (χ0v) is 20.9. The van der Waals surface area contributed by atoms with E-state index < -0.39 is 0 Å². The lowest BCUT2D eigenvalue weighted by Gasteiger charge is -2.08. The van der Waals surface area contributed by atoms with Crippen LogP contribution in [0.25, 0.3) is 0 Å². The first-order chi connectivity index (χ1) is 16.4. The molecule has 0 aliphatic carbocycles. The second kappa shape index (κ2) is 31.6. The van der Waals surface area contributed by atoms with Crippen molar-refractivity contribution in [2.75, 3.05) is 133 Å². The van der Waals surface area contributed by atoms with Crippen LogP contribution < -0.4 is 0 Å². The van der Waals surface area contributed by atoms with E-state index in [1.807, 2.05) is 0 Å². The van der Waals surface area contributed by atoms with Gasteiger partial charge in [-0.3, -0.25) is 0 Å². The summed E-state index contributed by atoms with van der Waals surface area (Å²) in [5.74, 6) is 0. The van der Waals surface area contributed by atoms with Gasteiger partial charge < -0.3 is 47.4 Å². The predicted octanol–water partition coefficient (Wildman–Crippen LogP) is 1.58. The van der Waals surface area contributed by atoms with Crippen molar-refractivity contribution in [1.82, 2.24) is 0 Å². The van der Waals surface area contributed by atoms with Crippen LogP contribution in [0.2, 0.25) is 0 Å². The second-order valence-corrected chi connectivity index (χ2v) is 6.86. The zero-order chi connectivity index (χ0) is 23.9. The summed E-state index contributed by atoms with van der Waals surface area (Å²) in [5.41, 5.74) is 0. The van der Waals surface area contributed by atoms with E-state index in [1.165, 1.54) is 0 Å². The molecule has 0 spiro atoms. The maximum atomic E-state index is 5.44. The van der Waals surface area contributed by atoms with Gasteiger partial charge in [0.1, 0.15) is 0 Å². The molecule has 0 amide bonds. The maximum absolute atomic E-state index is 5.44. The van der Waals surface area contributed by atoms with Crippen molar-refractivity contribution in [3.8, 4) is 0 Å². The number of methoxy groups -OCH3 is 1. The molecular weight excluding hydrogens is 436 g/mol. The average molecular weight is 485 g/mol. The molecule has 0 saturated carbocycles. The molecule has 0 heterocycles. The molecular formula is C23H48O10. The molecule has 10 nitrogen and oxygen atoms in total. The third-order valence-corrected chi connectivity index (χ3v) is 4.05. The molecule has 0 radical (unpaired) electrons. The van der Waals surface area contributed by atoms with E-state index in [1.54, 1.807) is 7.11 Å². The molecule has 200 valence electrons. The first-order valence-electron chi connectivity index (χ1n) is 12.1. The van der Waals surface area contributed by atoms with Gasteiger partial charge >= 0.3 is 0 Å². The third-order valence-electron chi connectivity index (χ3n) is 4.05. The van der Waals surface area contributed by atoms with Crippen molar-refractivity contribution in [3.63, 3.8) is 0 Å². The Morgan fingerprint density at radius 3 is 0.727 bits per heavy atom. The van der Waals surface area contributed by atoms with Gasteiger partial charge in [-0.15, -0.1) is 0 Å². The highest BCUT2D eigenvalue weighted by atomic mass is 16.6. The van der Waals surface area contributed by atoms with E-state index in [0.717, 1.165) is 19.4 Å². The van der Waals surface area contributed by atoms with Crippen molar-refractivity contribution in [2.24, 2.45) is 0 Å². The minimum Gasteiger partial charge on any atom is -0.382 e. The van der Waals surface area contributed by atoms with Gasteiger partial charge in [-0.25, -0.2) is 0 Å². The van der Waals surface area contributed by atoms with Crippen LogP contribution in [-0.4, -0.2) is 133 Å². The van der Waals surface area contributed by atoms with E-state index in [-0.39, 0.29) is 0 Å². The van der Waals surface area contributed by atoms with Gasteiger partial charge in [0, 0.05) is 13.7 Å². The molecule has 0 saturated heterocycles. The van der Waals surface area contributed by atoms with E-state index >= 15 is 0 Å². The van der Waals surface area contributed by atoms with E-state index in [9.17, 15) is 0 Å². The normalized spacial score (nSPS) is 11.5. The summed E-state index contributed by atoms with van der Waals surface area (Å²) in [4.78, 5) is 0. The van der Waals surface area contributed by atoms with E-state index in [2.05, 4.69) is 6.92 Å². The van der Waals surface area contributed by atoms with Crippen molar-refractivity contribution in [2.45, 2.75) is 19.8 Å². The molecule has 0 aromatic rings. The van der Waals surface area contributed by atoms with E-state index in [0.29, 0.717) is 119 Å². The van der Waals surface area contributed by atoms with Gasteiger partial charge in [0.15, 0.2) is 0 Å². The molecule has 10 heteroatoms. The highest BCUT2D eigenvalue weighted by molar-refractivity contribution is 4.38. The fraction of sp³-hybridized carbons (Fsp3) is 1.00. The van der Waals surface area contributed by atoms with Gasteiger partial charge in [-0.1, -0.05) is 13.3 Å². The monoisotopic (exact) mass is 484 g/mol. The van der Waals surface area contributed by atoms with Crippen LogP contribution in [0.3, 0.4) is 0 Å². The maximum Gasteiger partial charge on any atom is 0.0701 e. The number of hydrogen-bond donors (Lipinski definition) is 0. The molecule has 0 atom stereocenters. The summed E-state index contributed by atoms with van der Waals surface area (Å²) in [6.45, 7) is 13.0. The SMILES string of the molecule is CCCCOCCOCCOCCOCCOCCOCCOCCOCCOCCOC. The standard InChI is InChI=1S/C23H48O10/c1-3-4-5-25-8-9-27-12-13-29-16-17-31-20-21-33-23-22-32-19-18-30-15-14-28-11-10-26-7-6-24-2/h3-23H2,1-2H3. The predicted molar refractivity (Wildman–Crippen MR) is 124 cm³/mol. The van der Waals surface area contributed by atoms with Crippen LogP contribution in [0.1, 0.15) is 19.8 Å². The molecule has 33 heavy (non-hydrogen) atoms. The Hall–Kier alpha value is -0.400.